The molecule has 2 N–H and O–H groups in total. The van der Waals surface area contributed by atoms with Crippen LogP contribution in [0.3, 0.4) is 0 Å². The van der Waals surface area contributed by atoms with Crippen molar-refractivity contribution >= 4 is 17.5 Å². The summed E-state index contributed by atoms with van der Waals surface area (Å²) in [5.74, 6) is -0.788. The standard InChI is InChI=1S/C11H12N2O2/c12-11(15)8-6-10(14)13(7-8)9-4-2-1-3-5-9/h1-5,8H,6-7H2,(H2,12,15). The molecule has 0 bridgehead atoms. The van der Waals surface area contributed by atoms with Gasteiger partial charge >= 0.3 is 0 Å². The highest BCUT2D eigenvalue weighted by atomic mass is 16.2. The molecule has 1 aliphatic heterocycles. The highest BCUT2D eigenvalue weighted by molar-refractivity contribution is 5.99. The second kappa shape index (κ2) is 3.73. The number of nitrogens with zero attached hydrogens (tertiary/aromatic N) is 1. The lowest BCUT2D eigenvalue weighted by atomic mass is 10.1. The minimum atomic E-state index is -0.401. The number of hydrogen-bond donors (Lipinski definition) is 1. The first kappa shape index (κ1) is 9.71. The van der Waals surface area contributed by atoms with Gasteiger partial charge in [-0.2, -0.15) is 0 Å². The predicted octanol–water partition coefficient (Wildman–Crippen LogP) is 0.525. The summed E-state index contributed by atoms with van der Waals surface area (Å²) in [6, 6.07) is 9.30. The van der Waals surface area contributed by atoms with Crippen molar-refractivity contribution in [2.45, 2.75) is 6.42 Å². The van der Waals surface area contributed by atoms with E-state index in [1.165, 1.54) is 0 Å². The molecule has 1 aliphatic rings. The maximum atomic E-state index is 11.6. The molecule has 1 atom stereocenters. The van der Waals surface area contributed by atoms with Gasteiger partial charge in [-0.05, 0) is 12.1 Å². The Balaban J connectivity index is 2.19. The van der Waals surface area contributed by atoms with E-state index in [4.69, 9.17) is 5.73 Å². The largest absolute Gasteiger partial charge is 0.369 e. The Kier molecular flexibility index (Phi) is 2.41. The summed E-state index contributed by atoms with van der Waals surface area (Å²) in [7, 11) is 0. The summed E-state index contributed by atoms with van der Waals surface area (Å²) in [6.45, 7) is 0.401. The Hall–Kier alpha value is -1.84. The number of primary amides is 1. The summed E-state index contributed by atoms with van der Waals surface area (Å²) in [5.41, 5.74) is 6.01. The first-order valence-corrected chi connectivity index (χ1v) is 4.83. The number of rotatable bonds is 2. The van der Waals surface area contributed by atoms with Crippen molar-refractivity contribution in [2.24, 2.45) is 11.7 Å². The Morgan fingerprint density at radius 2 is 2.00 bits per heavy atom. The topological polar surface area (TPSA) is 63.4 Å². The van der Waals surface area contributed by atoms with Crippen LogP contribution in [0.25, 0.3) is 0 Å². The lowest BCUT2D eigenvalue weighted by Gasteiger charge is -2.15. The molecule has 15 heavy (non-hydrogen) atoms. The summed E-state index contributed by atoms with van der Waals surface area (Å²) in [5, 5.41) is 0. The van der Waals surface area contributed by atoms with Crippen molar-refractivity contribution in [1.29, 1.82) is 0 Å². The molecule has 0 saturated carbocycles. The number of hydrogen-bond acceptors (Lipinski definition) is 2. The summed E-state index contributed by atoms with van der Waals surface area (Å²) >= 11 is 0. The van der Waals surface area contributed by atoms with Crippen LogP contribution in [0, 0.1) is 5.92 Å². The van der Waals surface area contributed by atoms with Crippen LogP contribution < -0.4 is 10.6 Å². The molecule has 1 aromatic carbocycles. The minimum Gasteiger partial charge on any atom is -0.369 e. The van der Waals surface area contributed by atoms with Crippen LogP contribution in [0.5, 0.6) is 0 Å². The van der Waals surface area contributed by atoms with Gasteiger partial charge in [0.1, 0.15) is 0 Å². The van der Waals surface area contributed by atoms with Gasteiger partial charge < -0.3 is 10.6 Å². The average Bonchev–Trinajstić information content (AvgIpc) is 2.62. The number of carbonyl (C=O) groups is 2. The third-order valence-electron chi connectivity index (χ3n) is 2.60. The van der Waals surface area contributed by atoms with Crippen molar-refractivity contribution in [1.82, 2.24) is 0 Å². The van der Waals surface area contributed by atoms with Crippen molar-refractivity contribution in [3.8, 4) is 0 Å². The third-order valence-corrected chi connectivity index (χ3v) is 2.60. The van der Waals surface area contributed by atoms with Gasteiger partial charge in [0.05, 0.1) is 5.92 Å². The molecule has 1 aromatic rings. The zero-order chi connectivity index (χ0) is 10.8. The molecule has 1 unspecified atom stereocenters. The molecule has 0 aliphatic carbocycles. The molecule has 1 heterocycles. The first-order valence-electron chi connectivity index (χ1n) is 4.83. The van der Waals surface area contributed by atoms with E-state index in [-0.39, 0.29) is 18.2 Å². The molecule has 1 fully saturated rings. The first-order chi connectivity index (χ1) is 7.18. The smallest absolute Gasteiger partial charge is 0.227 e. The van der Waals surface area contributed by atoms with Crippen LogP contribution in [-0.4, -0.2) is 18.4 Å². The molecule has 1 saturated heterocycles. The fraction of sp³-hybridized carbons (Fsp3) is 0.273. The van der Waals surface area contributed by atoms with Crippen LogP contribution in [0.15, 0.2) is 30.3 Å². The molecular weight excluding hydrogens is 192 g/mol. The second-order valence-corrected chi connectivity index (χ2v) is 3.64. The molecule has 0 spiro atoms. The number of benzene rings is 1. The quantitative estimate of drug-likeness (QED) is 0.763. The number of carbonyl (C=O) groups excluding carboxylic acids is 2. The van der Waals surface area contributed by atoms with Crippen molar-refractivity contribution in [3.05, 3.63) is 30.3 Å². The summed E-state index contributed by atoms with van der Waals surface area (Å²) in [6.07, 6.45) is 0.226. The van der Waals surface area contributed by atoms with Gasteiger partial charge in [-0.25, -0.2) is 0 Å². The molecule has 2 rings (SSSR count). The number of nitrogens with two attached hydrogens (primary N) is 1. The lowest BCUT2D eigenvalue weighted by Crippen LogP contribution is -2.28. The SMILES string of the molecule is NC(=O)C1CC(=O)N(c2ccccc2)C1. The Bertz CT molecular complexity index is 389. The fourth-order valence-corrected chi connectivity index (χ4v) is 1.76. The van der Waals surface area contributed by atoms with Crippen molar-refractivity contribution < 1.29 is 9.59 Å². The number of para-hydroxylation sites is 1. The van der Waals surface area contributed by atoms with E-state index in [2.05, 4.69) is 0 Å². The number of amides is 2. The number of anilines is 1. The fourth-order valence-electron chi connectivity index (χ4n) is 1.76. The van der Waals surface area contributed by atoms with E-state index >= 15 is 0 Å². The van der Waals surface area contributed by atoms with Crippen LogP contribution >= 0.6 is 0 Å². The zero-order valence-corrected chi connectivity index (χ0v) is 8.22. The van der Waals surface area contributed by atoms with Gasteiger partial charge in [0.25, 0.3) is 0 Å². The Labute approximate surface area is 87.7 Å². The Morgan fingerprint density at radius 3 is 2.53 bits per heavy atom. The highest BCUT2D eigenvalue weighted by Crippen LogP contribution is 2.24. The maximum Gasteiger partial charge on any atom is 0.227 e. The highest BCUT2D eigenvalue weighted by Gasteiger charge is 2.33. The van der Waals surface area contributed by atoms with Gasteiger partial charge in [-0.3, -0.25) is 9.59 Å². The molecule has 78 valence electrons. The van der Waals surface area contributed by atoms with E-state index in [0.29, 0.717) is 6.54 Å². The van der Waals surface area contributed by atoms with Crippen LogP contribution in [0.2, 0.25) is 0 Å². The lowest BCUT2D eigenvalue weighted by molar-refractivity contribution is -0.123. The van der Waals surface area contributed by atoms with Crippen molar-refractivity contribution in [2.75, 3.05) is 11.4 Å². The molecular formula is C11H12N2O2. The van der Waals surface area contributed by atoms with E-state index in [1.54, 1.807) is 4.90 Å². The molecule has 4 heteroatoms. The third kappa shape index (κ3) is 1.83. The van der Waals surface area contributed by atoms with Gasteiger partial charge in [0.2, 0.25) is 11.8 Å². The van der Waals surface area contributed by atoms with Gasteiger partial charge in [-0.15, -0.1) is 0 Å². The van der Waals surface area contributed by atoms with E-state index in [9.17, 15) is 9.59 Å². The molecule has 0 radical (unpaired) electrons. The average molecular weight is 204 g/mol. The normalized spacial score (nSPS) is 20.7. The van der Waals surface area contributed by atoms with Crippen molar-refractivity contribution in [3.63, 3.8) is 0 Å². The minimum absolute atomic E-state index is 0.0370. The van der Waals surface area contributed by atoms with Gasteiger partial charge in [0.15, 0.2) is 0 Å². The summed E-state index contributed by atoms with van der Waals surface area (Å²) in [4.78, 5) is 24.2. The van der Waals surface area contributed by atoms with Crippen LogP contribution in [0.1, 0.15) is 6.42 Å². The van der Waals surface area contributed by atoms with Gasteiger partial charge in [-0.1, -0.05) is 18.2 Å². The Morgan fingerprint density at radius 1 is 1.33 bits per heavy atom. The van der Waals surface area contributed by atoms with E-state index in [0.717, 1.165) is 5.69 Å². The zero-order valence-electron chi connectivity index (χ0n) is 8.22. The van der Waals surface area contributed by atoms with Crippen LogP contribution in [0.4, 0.5) is 5.69 Å². The molecule has 0 aromatic heterocycles. The maximum absolute atomic E-state index is 11.6. The van der Waals surface area contributed by atoms with Gasteiger partial charge in [0, 0.05) is 18.7 Å². The monoisotopic (exact) mass is 204 g/mol. The summed E-state index contributed by atoms with van der Waals surface area (Å²) < 4.78 is 0. The van der Waals surface area contributed by atoms with Crippen LogP contribution in [-0.2, 0) is 9.59 Å². The predicted molar refractivity (Wildman–Crippen MR) is 56.1 cm³/mol. The van der Waals surface area contributed by atoms with E-state index in [1.807, 2.05) is 30.3 Å². The molecule has 2 amide bonds. The van der Waals surface area contributed by atoms with E-state index < -0.39 is 5.91 Å². The second-order valence-electron chi connectivity index (χ2n) is 3.64. The molecule has 4 nitrogen and oxygen atoms in total.